The van der Waals surface area contributed by atoms with E-state index in [1.165, 1.54) is 10.4 Å². The molecule has 5 nitrogen and oxygen atoms in total. The van der Waals surface area contributed by atoms with E-state index in [1.807, 2.05) is 4.90 Å². The van der Waals surface area contributed by atoms with Gasteiger partial charge in [-0.2, -0.15) is 0 Å². The van der Waals surface area contributed by atoms with E-state index in [2.05, 4.69) is 22.1 Å². The Hall–Kier alpha value is -1.11. The highest BCUT2D eigenvalue weighted by Crippen LogP contribution is 2.24. The highest BCUT2D eigenvalue weighted by molar-refractivity contribution is 7.10. The Morgan fingerprint density at radius 3 is 2.91 bits per heavy atom. The largest absolute Gasteiger partial charge is 0.356 e. The van der Waals surface area contributed by atoms with Crippen molar-refractivity contribution in [1.82, 2.24) is 15.5 Å². The van der Waals surface area contributed by atoms with Crippen LogP contribution >= 0.6 is 23.7 Å². The molecule has 1 aromatic rings. The summed E-state index contributed by atoms with van der Waals surface area (Å²) in [5, 5.41) is 8.16. The molecular formula is C15H22ClN3O2S. The van der Waals surface area contributed by atoms with Crippen molar-refractivity contribution in [2.45, 2.75) is 25.8 Å². The highest BCUT2D eigenvalue weighted by atomic mass is 35.5. The van der Waals surface area contributed by atoms with Gasteiger partial charge in [0.15, 0.2) is 0 Å². The second-order valence-corrected chi connectivity index (χ2v) is 6.76. The van der Waals surface area contributed by atoms with E-state index in [-0.39, 0.29) is 24.2 Å². The summed E-state index contributed by atoms with van der Waals surface area (Å²) >= 11 is 1.77. The van der Waals surface area contributed by atoms with Gasteiger partial charge in [-0.25, -0.2) is 0 Å². The first kappa shape index (κ1) is 17.2. The lowest BCUT2D eigenvalue weighted by Crippen LogP contribution is -2.48. The van der Waals surface area contributed by atoms with Crippen LogP contribution in [0, 0.1) is 5.92 Å². The highest BCUT2D eigenvalue weighted by Gasteiger charge is 2.22. The van der Waals surface area contributed by atoms with Crippen LogP contribution in [0.3, 0.4) is 0 Å². The van der Waals surface area contributed by atoms with Gasteiger partial charge in [-0.05, 0) is 23.4 Å². The monoisotopic (exact) mass is 343 g/mol. The smallest absolute Gasteiger partial charge is 0.223 e. The van der Waals surface area contributed by atoms with Crippen molar-refractivity contribution < 1.29 is 9.59 Å². The molecule has 2 amide bonds. The molecule has 7 heteroatoms. The minimum Gasteiger partial charge on any atom is -0.356 e. The molecule has 2 aliphatic rings. The number of hydrogen-bond acceptors (Lipinski definition) is 4. The predicted molar refractivity (Wildman–Crippen MR) is 89.3 cm³/mol. The Balaban J connectivity index is 0.00000176. The summed E-state index contributed by atoms with van der Waals surface area (Å²) in [6.45, 7) is 4.17. The maximum absolute atomic E-state index is 12.2. The van der Waals surface area contributed by atoms with Crippen LogP contribution in [-0.2, 0) is 22.6 Å². The summed E-state index contributed by atoms with van der Waals surface area (Å²) in [5.74, 6) is 0.638. The second kappa shape index (κ2) is 7.94. The molecule has 2 aliphatic heterocycles. The summed E-state index contributed by atoms with van der Waals surface area (Å²) in [6, 6.07) is 2.10. The number of carbonyl (C=O) groups excluding carboxylic acids is 2. The Morgan fingerprint density at radius 2 is 2.18 bits per heavy atom. The molecule has 3 heterocycles. The van der Waals surface area contributed by atoms with Gasteiger partial charge in [0.2, 0.25) is 11.8 Å². The fourth-order valence-electron chi connectivity index (χ4n) is 2.68. The standard InChI is InChI=1S/C15H21N3O2S.ClH/c19-14(17-9-11-7-16-8-11)1-2-15(20)18-5-3-13-12(10-18)4-6-21-13;/h4,6,11,16H,1-3,5,7-10H2,(H,17,19);1H. The minimum atomic E-state index is -0.0107. The van der Waals surface area contributed by atoms with Gasteiger partial charge in [0, 0.05) is 56.4 Å². The van der Waals surface area contributed by atoms with Crippen LogP contribution < -0.4 is 10.6 Å². The molecule has 22 heavy (non-hydrogen) atoms. The van der Waals surface area contributed by atoms with Crippen molar-refractivity contribution in [3.8, 4) is 0 Å². The zero-order valence-corrected chi connectivity index (χ0v) is 14.1. The van der Waals surface area contributed by atoms with Gasteiger partial charge in [-0.15, -0.1) is 23.7 Å². The zero-order chi connectivity index (χ0) is 14.7. The molecule has 0 bridgehead atoms. The number of amides is 2. The van der Waals surface area contributed by atoms with Crippen LogP contribution in [0.15, 0.2) is 11.4 Å². The van der Waals surface area contributed by atoms with Crippen LogP contribution in [0.4, 0.5) is 0 Å². The topological polar surface area (TPSA) is 61.4 Å². The molecule has 122 valence electrons. The molecule has 0 atom stereocenters. The molecule has 0 spiro atoms. The molecule has 1 saturated heterocycles. The van der Waals surface area contributed by atoms with Gasteiger partial charge in [0.25, 0.3) is 0 Å². The van der Waals surface area contributed by atoms with Crippen molar-refractivity contribution in [2.24, 2.45) is 5.92 Å². The number of carbonyl (C=O) groups is 2. The lowest BCUT2D eigenvalue weighted by atomic mass is 10.0. The van der Waals surface area contributed by atoms with Crippen molar-refractivity contribution in [3.05, 3.63) is 21.9 Å². The lowest BCUT2D eigenvalue weighted by Gasteiger charge is -2.28. The summed E-state index contributed by atoms with van der Waals surface area (Å²) in [5.41, 5.74) is 1.27. The summed E-state index contributed by atoms with van der Waals surface area (Å²) < 4.78 is 0. The maximum Gasteiger partial charge on any atom is 0.223 e. The van der Waals surface area contributed by atoms with Crippen LogP contribution in [0.5, 0.6) is 0 Å². The van der Waals surface area contributed by atoms with E-state index >= 15 is 0 Å². The van der Waals surface area contributed by atoms with E-state index in [9.17, 15) is 9.59 Å². The first-order valence-electron chi connectivity index (χ1n) is 7.53. The quantitative estimate of drug-likeness (QED) is 0.843. The molecule has 1 fully saturated rings. The predicted octanol–water partition coefficient (Wildman–Crippen LogP) is 1.17. The van der Waals surface area contributed by atoms with Crippen molar-refractivity contribution >= 4 is 35.6 Å². The molecule has 0 unspecified atom stereocenters. The van der Waals surface area contributed by atoms with Crippen molar-refractivity contribution in [1.29, 1.82) is 0 Å². The van der Waals surface area contributed by atoms with Crippen LogP contribution in [0.2, 0.25) is 0 Å². The molecule has 0 aliphatic carbocycles. The second-order valence-electron chi connectivity index (χ2n) is 5.76. The van der Waals surface area contributed by atoms with E-state index in [1.54, 1.807) is 11.3 Å². The average Bonchev–Trinajstić information content (AvgIpc) is 2.90. The normalized spacial score (nSPS) is 17.2. The molecule has 0 radical (unpaired) electrons. The molecule has 0 aromatic carbocycles. The lowest BCUT2D eigenvalue weighted by molar-refractivity contribution is -0.134. The van der Waals surface area contributed by atoms with E-state index in [0.29, 0.717) is 25.3 Å². The Bertz CT molecular complexity index is 531. The number of nitrogens with zero attached hydrogens (tertiary/aromatic N) is 1. The molecular weight excluding hydrogens is 322 g/mol. The first-order valence-corrected chi connectivity index (χ1v) is 8.41. The van der Waals surface area contributed by atoms with Crippen LogP contribution in [0.25, 0.3) is 0 Å². The first-order chi connectivity index (χ1) is 10.2. The third-order valence-corrected chi connectivity index (χ3v) is 5.20. The number of nitrogens with one attached hydrogen (secondary N) is 2. The molecule has 3 rings (SSSR count). The van der Waals surface area contributed by atoms with Gasteiger partial charge in [0.05, 0.1) is 0 Å². The van der Waals surface area contributed by atoms with Crippen LogP contribution in [0.1, 0.15) is 23.3 Å². The van der Waals surface area contributed by atoms with Gasteiger partial charge in [-0.1, -0.05) is 0 Å². The summed E-state index contributed by atoms with van der Waals surface area (Å²) in [7, 11) is 0. The fraction of sp³-hybridized carbons (Fsp3) is 0.600. The minimum absolute atomic E-state index is 0. The Kier molecular flexibility index (Phi) is 6.23. The van der Waals surface area contributed by atoms with Gasteiger partial charge >= 0.3 is 0 Å². The number of fused-ring (bicyclic) bond motifs is 1. The van der Waals surface area contributed by atoms with Crippen molar-refractivity contribution in [2.75, 3.05) is 26.2 Å². The molecule has 0 saturated carbocycles. The number of thiophene rings is 1. The maximum atomic E-state index is 12.2. The van der Waals surface area contributed by atoms with E-state index < -0.39 is 0 Å². The molecule has 1 aromatic heterocycles. The Morgan fingerprint density at radius 1 is 1.36 bits per heavy atom. The van der Waals surface area contributed by atoms with E-state index in [0.717, 1.165) is 32.6 Å². The summed E-state index contributed by atoms with van der Waals surface area (Å²) in [4.78, 5) is 27.2. The third kappa shape index (κ3) is 4.21. The fourth-order valence-corrected chi connectivity index (χ4v) is 3.57. The number of rotatable bonds is 5. The SMILES string of the molecule is Cl.O=C(CCC(=O)N1CCc2sccc2C1)NCC1CNC1. The van der Waals surface area contributed by atoms with Crippen molar-refractivity contribution in [3.63, 3.8) is 0 Å². The average molecular weight is 344 g/mol. The van der Waals surface area contributed by atoms with Gasteiger partial charge < -0.3 is 15.5 Å². The third-order valence-electron chi connectivity index (χ3n) is 4.18. The zero-order valence-electron chi connectivity index (χ0n) is 12.5. The van der Waals surface area contributed by atoms with Gasteiger partial charge in [0.1, 0.15) is 0 Å². The van der Waals surface area contributed by atoms with E-state index in [4.69, 9.17) is 0 Å². The van der Waals surface area contributed by atoms with Gasteiger partial charge in [-0.3, -0.25) is 9.59 Å². The van der Waals surface area contributed by atoms with Crippen LogP contribution in [-0.4, -0.2) is 42.9 Å². The number of halogens is 1. The summed E-state index contributed by atoms with van der Waals surface area (Å²) in [6.07, 6.45) is 1.56. The number of hydrogen-bond donors (Lipinski definition) is 2. The molecule has 2 N–H and O–H groups in total. The Labute approximate surface area is 140 Å².